The summed E-state index contributed by atoms with van der Waals surface area (Å²) in [5, 5.41) is 27.2. The summed E-state index contributed by atoms with van der Waals surface area (Å²) in [6, 6.07) is -0.871. The maximum Gasteiger partial charge on any atom is 2.00 e. The minimum absolute atomic E-state index is 0. The molecule has 46 heavy (non-hydrogen) atoms. The normalized spacial score (nSPS) is 25.0. The van der Waals surface area contributed by atoms with Crippen LogP contribution in [-0.4, -0.2) is 70.2 Å². The molecule has 5 atom stereocenters. The monoisotopic (exact) mass is 632 g/mol. The van der Waals surface area contributed by atoms with Crippen LogP contribution in [0, 0.1) is 31.6 Å². The second-order valence-corrected chi connectivity index (χ2v) is 12.2. The van der Waals surface area contributed by atoms with Crippen molar-refractivity contribution in [2.24, 2.45) is 17.8 Å². The van der Waals surface area contributed by atoms with Gasteiger partial charge in [-0.05, 0) is 37.5 Å². The zero-order valence-corrected chi connectivity index (χ0v) is 28.2. The molecule has 1 aliphatic carbocycles. The minimum Gasteiger partial charge on any atom is -0.661 e. The van der Waals surface area contributed by atoms with Gasteiger partial charge in [0.25, 0.3) is 0 Å². The summed E-state index contributed by atoms with van der Waals surface area (Å²) in [4.78, 5) is 53.8. The van der Waals surface area contributed by atoms with Crippen molar-refractivity contribution in [1.29, 1.82) is 0 Å². The second kappa shape index (κ2) is 12.8. The fourth-order valence-corrected chi connectivity index (χ4v) is 7.54. The van der Waals surface area contributed by atoms with Crippen molar-refractivity contribution in [2.45, 2.75) is 65.5 Å². The summed E-state index contributed by atoms with van der Waals surface area (Å²) in [6.07, 6.45) is 7.80. The Morgan fingerprint density at radius 3 is 2.46 bits per heavy atom. The zero-order valence-electron chi connectivity index (χ0n) is 26.8. The van der Waals surface area contributed by atoms with E-state index in [0.717, 1.165) is 28.6 Å². The molecule has 11 heteroatoms. The standard InChI is InChI=1S/C35H36N4O6.Mg/c1-7-18-15(3)22-11-23-16(4)20(9-10-28(41)42)32(38-23)30-31(35(44)45-6)34(43)29-17(5)24(39-33(29)30)12-26-19(8-2)21(14-40)27(37-26)13-25(18)36-22;/h7,12-14,16,20,23,31-32H,1,8-11H2,2-6H3,(H,40,43)(H,41,42);/q-4;+2/b27-13-;/t16-,20-,23?,31+,32?;/m0./s1. The Morgan fingerprint density at radius 2 is 1.83 bits per heavy atom. The molecule has 3 aromatic rings. The van der Waals surface area contributed by atoms with E-state index in [1.165, 1.54) is 7.11 Å². The average Bonchev–Trinajstić information content (AvgIpc) is 3.76. The topological polar surface area (TPSA) is 157 Å². The van der Waals surface area contributed by atoms with Gasteiger partial charge < -0.3 is 35.2 Å². The molecular weight excluding hydrogens is 597 g/mol. The molecule has 5 heterocycles. The molecule has 0 radical (unpaired) electrons. The largest absolute Gasteiger partial charge is 2.00 e. The van der Waals surface area contributed by atoms with Gasteiger partial charge in [0.05, 0.1) is 13.4 Å². The van der Waals surface area contributed by atoms with Gasteiger partial charge in [-0.1, -0.05) is 79.2 Å². The predicted octanol–water partition coefficient (Wildman–Crippen LogP) is 0.887. The number of carboxylic acids is 1. The van der Waals surface area contributed by atoms with Crippen LogP contribution in [0.2, 0.25) is 0 Å². The van der Waals surface area contributed by atoms with Crippen LogP contribution in [0.4, 0.5) is 0 Å². The third-order valence-corrected chi connectivity index (χ3v) is 9.96. The molecule has 3 aromatic heterocycles. The minimum atomic E-state index is -1.20. The summed E-state index contributed by atoms with van der Waals surface area (Å²) in [6.45, 7) is 11.8. The van der Waals surface area contributed by atoms with E-state index in [4.69, 9.17) is 25.0 Å². The predicted molar refractivity (Wildman–Crippen MR) is 174 cm³/mol. The molecule has 10 nitrogen and oxygen atoms in total. The van der Waals surface area contributed by atoms with E-state index in [2.05, 4.69) is 6.58 Å². The number of carbonyl (C=O) groups excluding carboxylic acids is 2. The molecule has 236 valence electrons. The smallest absolute Gasteiger partial charge is 0.661 e. The fourth-order valence-electron chi connectivity index (χ4n) is 7.54. The number of nitrogens with zero attached hydrogens (tertiary/aromatic N) is 4. The van der Waals surface area contributed by atoms with Gasteiger partial charge >= 0.3 is 35.0 Å². The Bertz CT molecular complexity index is 2010. The van der Waals surface area contributed by atoms with Crippen molar-refractivity contribution in [3.63, 3.8) is 0 Å². The van der Waals surface area contributed by atoms with Crippen molar-refractivity contribution in [2.75, 3.05) is 7.11 Å². The number of Topliss-reactive ketones (excluding diaryl/α,β-unsaturated/α-hetero) is 1. The van der Waals surface area contributed by atoms with Crippen LogP contribution in [0.1, 0.15) is 76.4 Å². The van der Waals surface area contributed by atoms with Gasteiger partial charge in [0, 0.05) is 12.0 Å². The van der Waals surface area contributed by atoms with Crippen LogP contribution in [-0.2, 0) is 27.2 Å². The molecule has 1 fully saturated rings. The van der Waals surface area contributed by atoms with Crippen molar-refractivity contribution in [1.82, 2.24) is 15.0 Å². The van der Waals surface area contributed by atoms with Gasteiger partial charge in [-0.15, -0.1) is 39.5 Å². The summed E-state index contributed by atoms with van der Waals surface area (Å²) < 4.78 is 5.13. The van der Waals surface area contributed by atoms with Crippen LogP contribution < -0.4 is 36.2 Å². The quantitative estimate of drug-likeness (QED) is 0.229. The van der Waals surface area contributed by atoms with E-state index in [1.54, 1.807) is 13.0 Å². The molecule has 8 bridgehead atoms. The SMILES string of the molecule is C=Cc1c2[n-]c(c1C)CC1[N-]C(C3=c4[n-]/c(c(C)c4C(=O)[C@@H]3C(=O)OC)=C\c3[n-]c(/c(=C\O)c3CC)=C\2)[C@@H](CCC(=O)O)[C@@H]1C.[Mg+2]. The van der Waals surface area contributed by atoms with E-state index in [1.807, 2.05) is 32.9 Å². The third kappa shape index (κ3) is 5.18. The number of aromatic nitrogens is 3. The molecule has 0 spiro atoms. The van der Waals surface area contributed by atoms with Gasteiger partial charge in [-0.3, -0.25) is 14.4 Å². The first kappa shape index (κ1) is 33.6. The Kier molecular flexibility index (Phi) is 9.32. The van der Waals surface area contributed by atoms with Crippen molar-refractivity contribution in [3.8, 4) is 0 Å². The Labute approximate surface area is 282 Å². The number of ether oxygens (including phenoxy) is 1. The van der Waals surface area contributed by atoms with Crippen LogP contribution in [0.25, 0.3) is 35.4 Å². The molecule has 1 saturated heterocycles. The number of ketones is 1. The van der Waals surface area contributed by atoms with E-state index >= 15 is 0 Å². The molecule has 2 unspecified atom stereocenters. The Hall–Kier alpha value is -3.80. The number of esters is 1. The number of fused-ring (bicyclic) bond motifs is 8. The van der Waals surface area contributed by atoms with Crippen LogP contribution in [0.3, 0.4) is 0 Å². The molecule has 2 aliphatic heterocycles. The number of aliphatic carboxylic acids is 1. The number of rotatable bonds is 6. The first-order chi connectivity index (χ1) is 21.5. The summed E-state index contributed by atoms with van der Waals surface area (Å²) >= 11 is 0. The average molecular weight is 633 g/mol. The van der Waals surface area contributed by atoms with Gasteiger partial charge in [0.2, 0.25) is 0 Å². The third-order valence-electron chi connectivity index (χ3n) is 9.96. The van der Waals surface area contributed by atoms with Gasteiger partial charge in [0.15, 0.2) is 5.78 Å². The molecule has 0 aromatic carbocycles. The molecule has 2 N–H and O–H groups in total. The number of aliphatic hydroxyl groups excluding tert-OH is 1. The fraction of sp³-hybridized carbons (Fsp3) is 0.400. The van der Waals surface area contributed by atoms with Gasteiger partial charge in [-0.25, -0.2) is 0 Å². The number of methoxy groups -OCH3 is 1. The van der Waals surface area contributed by atoms with Gasteiger partial charge in [-0.2, -0.15) is 5.69 Å². The molecule has 6 rings (SSSR count). The van der Waals surface area contributed by atoms with Crippen molar-refractivity contribution < 1.29 is 29.3 Å². The number of aliphatic hydroxyl groups is 1. The Morgan fingerprint density at radius 1 is 1.11 bits per heavy atom. The zero-order chi connectivity index (χ0) is 32.3. The number of carbonyl (C=O) groups is 3. The summed E-state index contributed by atoms with van der Waals surface area (Å²) in [7, 11) is 1.25. The first-order valence-electron chi connectivity index (χ1n) is 15.3. The Balaban J connectivity index is 0.00000417. The van der Waals surface area contributed by atoms with Crippen LogP contribution in [0.15, 0.2) is 6.58 Å². The summed E-state index contributed by atoms with van der Waals surface area (Å²) in [5.74, 6) is -3.52. The number of hydrogen-bond acceptors (Lipinski definition) is 5. The second-order valence-electron chi connectivity index (χ2n) is 12.2. The first-order valence-corrected chi connectivity index (χ1v) is 15.3. The maximum atomic E-state index is 14.0. The van der Waals surface area contributed by atoms with Crippen LogP contribution in [0.5, 0.6) is 0 Å². The number of hydrogen-bond donors (Lipinski definition) is 2. The molecule has 0 amide bonds. The molecule has 3 aliphatic rings. The van der Waals surface area contributed by atoms with E-state index in [-0.39, 0.29) is 53.1 Å². The number of carboxylic acid groups (broad SMARTS) is 1. The van der Waals surface area contributed by atoms with E-state index in [0.29, 0.717) is 68.6 Å². The summed E-state index contributed by atoms with van der Waals surface area (Å²) in [5.41, 5.74) is 6.20. The van der Waals surface area contributed by atoms with Gasteiger partial charge in [0.1, 0.15) is 5.92 Å². The molecular formula is C35H36MgN4O6-2. The van der Waals surface area contributed by atoms with Crippen molar-refractivity contribution >= 4 is 70.8 Å². The van der Waals surface area contributed by atoms with E-state index < -0.39 is 23.9 Å². The molecule has 0 saturated carbocycles. The van der Waals surface area contributed by atoms with Crippen LogP contribution >= 0.6 is 0 Å². The van der Waals surface area contributed by atoms with E-state index in [9.17, 15) is 24.6 Å². The van der Waals surface area contributed by atoms with Crippen molar-refractivity contribution in [3.05, 3.63) is 78.1 Å². The maximum absolute atomic E-state index is 14.0.